The van der Waals surface area contributed by atoms with Crippen molar-refractivity contribution >= 4 is 5.97 Å². The van der Waals surface area contributed by atoms with Crippen molar-refractivity contribution in [1.29, 1.82) is 0 Å². The van der Waals surface area contributed by atoms with E-state index in [2.05, 4.69) is 0 Å². The van der Waals surface area contributed by atoms with E-state index in [0.29, 0.717) is 0 Å². The van der Waals surface area contributed by atoms with E-state index >= 15 is 0 Å². The van der Waals surface area contributed by atoms with Gasteiger partial charge in [-0.1, -0.05) is 6.92 Å². The molecule has 0 bridgehead atoms. The van der Waals surface area contributed by atoms with Crippen LogP contribution in [-0.2, 0) is 4.79 Å². The smallest absolute Gasteiger partial charge is 0.306 e. The Labute approximate surface area is 72.4 Å². The molecular formula is C9H16O3. The summed E-state index contributed by atoms with van der Waals surface area (Å²) in [4.78, 5) is 10.6. The van der Waals surface area contributed by atoms with Gasteiger partial charge in [-0.3, -0.25) is 4.79 Å². The summed E-state index contributed by atoms with van der Waals surface area (Å²) in [6.07, 6.45) is 3.05. The summed E-state index contributed by atoms with van der Waals surface area (Å²) in [5, 5.41) is 17.9. The molecule has 0 radical (unpaired) electrons. The number of rotatable bonds is 2. The minimum atomic E-state index is -0.712. The third-order valence-electron chi connectivity index (χ3n) is 2.84. The van der Waals surface area contributed by atoms with Crippen LogP contribution in [0.15, 0.2) is 0 Å². The molecule has 1 unspecified atom stereocenters. The Hall–Kier alpha value is -0.570. The molecule has 2 N–H and O–H groups in total. The van der Waals surface area contributed by atoms with Crippen molar-refractivity contribution in [2.45, 2.75) is 38.7 Å². The molecule has 3 nitrogen and oxygen atoms in total. The van der Waals surface area contributed by atoms with Gasteiger partial charge in [0.2, 0.25) is 0 Å². The molecule has 1 aliphatic rings. The molecule has 3 heteroatoms. The number of aliphatic hydroxyl groups is 1. The average Bonchev–Trinajstić information content (AvgIpc) is 2.04. The lowest BCUT2D eigenvalue weighted by atomic mass is 9.80. The topological polar surface area (TPSA) is 57.5 Å². The fourth-order valence-corrected chi connectivity index (χ4v) is 1.80. The second kappa shape index (κ2) is 3.90. The fourth-order valence-electron chi connectivity index (χ4n) is 1.80. The Morgan fingerprint density at radius 3 is 2.25 bits per heavy atom. The van der Waals surface area contributed by atoms with E-state index in [1.807, 2.05) is 0 Å². The van der Waals surface area contributed by atoms with Crippen LogP contribution in [-0.4, -0.2) is 22.3 Å². The van der Waals surface area contributed by atoms with E-state index in [-0.39, 0.29) is 17.9 Å². The molecule has 0 aromatic rings. The quantitative estimate of drug-likeness (QED) is 0.659. The zero-order chi connectivity index (χ0) is 9.14. The minimum absolute atomic E-state index is 0.192. The number of hydrogen-bond acceptors (Lipinski definition) is 2. The lowest BCUT2D eigenvalue weighted by Gasteiger charge is -2.27. The van der Waals surface area contributed by atoms with E-state index in [4.69, 9.17) is 5.11 Å². The summed E-state index contributed by atoms with van der Waals surface area (Å²) < 4.78 is 0. The first-order valence-electron chi connectivity index (χ1n) is 4.52. The molecule has 1 aliphatic carbocycles. The molecule has 1 atom stereocenters. The van der Waals surface area contributed by atoms with Gasteiger partial charge in [0.05, 0.1) is 12.0 Å². The first-order valence-corrected chi connectivity index (χ1v) is 4.52. The van der Waals surface area contributed by atoms with Gasteiger partial charge in [0.25, 0.3) is 0 Å². The Bertz CT molecular complexity index is 159. The van der Waals surface area contributed by atoms with Crippen LogP contribution in [0.25, 0.3) is 0 Å². The zero-order valence-electron chi connectivity index (χ0n) is 7.36. The summed E-state index contributed by atoms with van der Waals surface area (Å²) in [5.41, 5.74) is 0. The number of carboxylic acid groups (broad SMARTS) is 1. The van der Waals surface area contributed by atoms with Gasteiger partial charge in [-0.15, -0.1) is 0 Å². The minimum Gasteiger partial charge on any atom is -0.481 e. The largest absolute Gasteiger partial charge is 0.481 e. The van der Waals surface area contributed by atoms with E-state index < -0.39 is 5.97 Å². The van der Waals surface area contributed by atoms with Crippen molar-refractivity contribution in [2.24, 2.45) is 11.8 Å². The van der Waals surface area contributed by atoms with Crippen LogP contribution in [0.3, 0.4) is 0 Å². The Morgan fingerprint density at radius 2 is 1.83 bits per heavy atom. The fraction of sp³-hybridized carbons (Fsp3) is 0.889. The van der Waals surface area contributed by atoms with Gasteiger partial charge in [-0.2, -0.15) is 0 Å². The number of hydrogen-bond donors (Lipinski definition) is 2. The number of aliphatic carboxylic acids is 1. The highest BCUT2D eigenvalue weighted by Crippen LogP contribution is 2.30. The number of carboxylic acids is 1. The second-order valence-electron chi connectivity index (χ2n) is 3.70. The van der Waals surface area contributed by atoms with Crippen LogP contribution in [0.5, 0.6) is 0 Å². The maximum atomic E-state index is 10.6. The predicted octanol–water partition coefficient (Wildman–Crippen LogP) is 1.26. The molecule has 0 saturated heterocycles. The molecule has 0 aromatic heterocycles. The molecule has 12 heavy (non-hydrogen) atoms. The highest BCUT2D eigenvalue weighted by atomic mass is 16.4. The first-order chi connectivity index (χ1) is 5.61. The Morgan fingerprint density at radius 1 is 1.33 bits per heavy atom. The van der Waals surface area contributed by atoms with Crippen LogP contribution in [0, 0.1) is 11.8 Å². The predicted molar refractivity (Wildman–Crippen MR) is 44.8 cm³/mol. The molecule has 0 heterocycles. The van der Waals surface area contributed by atoms with Gasteiger partial charge in [-0.05, 0) is 31.6 Å². The lowest BCUT2D eigenvalue weighted by molar-refractivity contribution is -0.143. The monoisotopic (exact) mass is 172 g/mol. The lowest BCUT2D eigenvalue weighted by Crippen LogP contribution is -2.27. The van der Waals surface area contributed by atoms with E-state index in [1.54, 1.807) is 6.92 Å². The van der Waals surface area contributed by atoms with E-state index in [1.165, 1.54) is 0 Å². The van der Waals surface area contributed by atoms with Crippen molar-refractivity contribution in [3.63, 3.8) is 0 Å². The Balaban J connectivity index is 2.39. The summed E-state index contributed by atoms with van der Waals surface area (Å²) in [7, 11) is 0. The van der Waals surface area contributed by atoms with Gasteiger partial charge < -0.3 is 10.2 Å². The summed E-state index contributed by atoms with van der Waals surface area (Å²) in [5.74, 6) is -0.695. The van der Waals surface area contributed by atoms with Crippen molar-refractivity contribution in [1.82, 2.24) is 0 Å². The van der Waals surface area contributed by atoms with Gasteiger partial charge >= 0.3 is 5.97 Å². The molecule has 0 amide bonds. The number of aliphatic hydroxyl groups excluding tert-OH is 1. The van der Waals surface area contributed by atoms with Crippen molar-refractivity contribution < 1.29 is 15.0 Å². The maximum Gasteiger partial charge on any atom is 0.306 e. The molecule has 0 aliphatic heterocycles. The Kier molecular flexibility index (Phi) is 3.09. The number of carbonyl (C=O) groups is 1. The van der Waals surface area contributed by atoms with Crippen LogP contribution < -0.4 is 0 Å². The maximum absolute atomic E-state index is 10.6. The highest BCUT2D eigenvalue weighted by Gasteiger charge is 2.27. The summed E-state index contributed by atoms with van der Waals surface area (Å²) in [6, 6.07) is 0. The summed E-state index contributed by atoms with van der Waals surface area (Å²) >= 11 is 0. The third-order valence-corrected chi connectivity index (χ3v) is 2.84. The SMILES string of the molecule is CC(C(=O)O)[C@H]1CC[C@H](O)CC1. The van der Waals surface area contributed by atoms with Gasteiger partial charge in [0.15, 0.2) is 0 Å². The standard InChI is InChI=1S/C9H16O3/c1-6(9(11)12)7-2-4-8(10)5-3-7/h6-8,10H,2-5H2,1H3,(H,11,12)/t6?,7-,8-. The normalized spacial score (nSPS) is 32.8. The molecule has 1 fully saturated rings. The average molecular weight is 172 g/mol. The molecule has 1 rings (SSSR count). The van der Waals surface area contributed by atoms with Crippen LogP contribution in [0.2, 0.25) is 0 Å². The third kappa shape index (κ3) is 2.21. The van der Waals surface area contributed by atoms with E-state index in [0.717, 1.165) is 25.7 Å². The molecular weight excluding hydrogens is 156 g/mol. The zero-order valence-corrected chi connectivity index (χ0v) is 7.36. The molecule has 0 aromatic carbocycles. The van der Waals surface area contributed by atoms with E-state index in [9.17, 15) is 9.90 Å². The van der Waals surface area contributed by atoms with Crippen molar-refractivity contribution in [3.8, 4) is 0 Å². The first kappa shape index (κ1) is 9.52. The van der Waals surface area contributed by atoms with Crippen LogP contribution >= 0.6 is 0 Å². The second-order valence-corrected chi connectivity index (χ2v) is 3.70. The summed E-state index contributed by atoms with van der Waals surface area (Å²) in [6.45, 7) is 1.75. The van der Waals surface area contributed by atoms with Crippen LogP contribution in [0.4, 0.5) is 0 Å². The molecule has 1 saturated carbocycles. The molecule has 0 spiro atoms. The van der Waals surface area contributed by atoms with Gasteiger partial charge in [-0.25, -0.2) is 0 Å². The molecule has 70 valence electrons. The van der Waals surface area contributed by atoms with Gasteiger partial charge in [0.1, 0.15) is 0 Å². The van der Waals surface area contributed by atoms with Crippen molar-refractivity contribution in [2.75, 3.05) is 0 Å². The van der Waals surface area contributed by atoms with Crippen molar-refractivity contribution in [3.05, 3.63) is 0 Å². The highest BCUT2D eigenvalue weighted by molar-refractivity contribution is 5.69. The van der Waals surface area contributed by atoms with Crippen LogP contribution in [0.1, 0.15) is 32.6 Å². The van der Waals surface area contributed by atoms with Gasteiger partial charge in [0, 0.05) is 0 Å².